The summed E-state index contributed by atoms with van der Waals surface area (Å²) in [5.41, 5.74) is 6.40. The van der Waals surface area contributed by atoms with E-state index in [1.54, 1.807) is 22.9 Å². The van der Waals surface area contributed by atoms with Crippen LogP contribution in [0.2, 0.25) is 0 Å². The smallest absolute Gasteiger partial charge is 0.250 e. The average molecular weight is 278 g/mol. The number of hydrogen-bond acceptors (Lipinski definition) is 4. The molecule has 1 atom stereocenters. The Morgan fingerprint density at radius 1 is 1.35 bits per heavy atom. The molecule has 2 N–H and O–H groups in total. The SMILES string of the molecule is CN(C)CC1CCCN1CCCn1cc(N)ccc1=O. The van der Waals surface area contributed by atoms with E-state index in [1.807, 2.05) is 0 Å². The number of pyridine rings is 1. The molecule has 1 aliphatic rings. The van der Waals surface area contributed by atoms with E-state index in [2.05, 4.69) is 23.9 Å². The summed E-state index contributed by atoms with van der Waals surface area (Å²) >= 11 is 0. The number of nitrogens with two attached hydrogens (primary N) is 1. The van der Waals surface area contributed by atoms with Crippen LogP contribution in [-0.4, -0.2) is 54.1 Å². The minimum absolute atomic E-state index is 0.0328. The van der Waals surface area contributed by atoms with Crippen molar-refractivity contribution in [3.63, 3.8) is 0 Å². The highest BCUT2D eigenvalue weighted by Crippen LogP contribution is 2.17. The van der Waals surface area contributed by atoms with Crippen molar-refractivity contribution in [2.45, 2.75) is 31.8 Å². The van der Waals surface area contributed by atoms with Crippen LogP contribution in [0.5, 0.6) is 0 Å². The lowest BCUT2D eigenvalue weighted by Crippen LogP contribution is -2.38. The van der Waals surface area contributed by atoms with Crippen LogP contribution in [0.3, 0.4) is 0 Å². The predicted octanol–water partition coefficient (Wildman–Crippen LogP) is 0.847. The number of nitrogens with zero attached hydrogens (tertiary/aromatic N) is 3. The fourth-order valence-corrected chi connectivity index (χ4v) is 2.99. The molecule has 2 heterocycles. The van der Waals surface area contributed by atoms with E-state index in [-0.39, 0.29) is 5.56 Å². The second kappa shape index (κ2) is 6.90. The number of aromatic nitrogens is 1. The van der Waals surface area contributed by atoms with Crippen molar-refractivity contribution in [1.29, 1.82) is 0 Å². The molecule has 1 aliphatic heterocycles. The molecule has 0 aromatic carbocycles. The molecular weight excluding hydrogens is 252 g/mol. The Morgan fingerprint density at radius 2 is 2.15 bits per heavy atom. The third-order valence-electron chi connectivity index (χ3n) is 3.93. The minimum Gasteiger partial charge on any atom is -0.398 e. The molecule has 2 rings (SSSR count). The first kappa shape index (κ1) is 15.1. The predicted molar refractivity (Wildman–Crippen MR) is 82.9 cm³/mol. The fourth-order valence-electron chi connectivity index (χ4n) is 2.99. The molecule has 1 unspecified atom stereocenters. The van der Waals surface area contributed by atoms with Gasteiger partial charge in [-0.25, -0.2) is 0 Å². The zero-order valence-corrected chi connectivity index (χ0v) is 12.6. The zero-order valence-electron chi connectivity index (χ0n) is 12.6. The monoisotopic (exact) mass is 278 g/mol. The molecular formula is C15H26N4O. The van der Waals surface area contributed by atoms with E-state index in [0.717, 1.165) is 26.1 Å². The standard InChI is InChI=1S/C15H26N4O/c1-17(2)12-14-5-3-8-18(14)9-4-10-19-11-13(16)6-7-15(19)20/h6-7,11,14H,3-5,8-10,12,16H2,1-2H3. The third-order valence-corrected chi connectivity index (χ3v) is 3.93. The van der Waals surface area contributed by atoms with Crippen LogP contribution in [-0.2, 0) is 6.54 Å². The molecule has 0 amide bonds. The Bertz CT molecular complexity index is 483. The Kier molecular flexibility index (Phi) is 5.20. The summed E-state index contributed by atoms with van der Waals surface area (Å²) in [5.74, 6) is 0. The first-order valence-corrected chi connectivity index (χ1v) is 7.41. The van der Waals surface area contributed by atoms with Gasteiger partial charge in [-0.3, -0.25) is 9.69 Å². The van der Waals surface area contributed by atoms with Gasteiger partial charge in [-0.05, 0) is 46.0 Å². The second-order valence-electron chi connectivity index (χ2n) is 5.94. The number of anilines is 1. The molecule has 1 aromatic heterocycles. The molecule has 0 saturated carbocycles. The van der Waals surface area contributed by atoms with Crippen molar-refractivity contribution >= 4 is 5.69 Å². The lowest BCUT2D eigenvalue weighted by atomic mass is 10.2. The van der Waals surface area contributed by atoms with Gasteiger partial charge >= 0.3 is 0 Å². The molecule has 112 valence electrons. The maximum absolute atomic E-state index is 11.7. The lowest BCUT2D eigenvalue weighted by Gasteiger charge is -2.27. The summed E-state index contributed by atoms with van der Waals surface area (Å²) in [6.07, 6.45) is 5.31. The second-order valence-corrected chi connectivity index (χ2v) is 5.94. The van der Waals surface area contributed by atoms with Crippen molar-refractivity contribution < 1.29 is 0 Å². The van der Waals surface area contributed by atoms with Crippen LogP contribution in [0.15, 0.2) is 23.1 Å². The van der Waals surface area contributed by atoms with Gasteiger partial charge in [-0.15, -0.1) is 0 Å². The van der Waals surface area contributed by atoms with Crippen LogP contribution in [0.1, 0.15) is 19.3 Å². The normalized spacial score (nSPS) is 19.9. The molecule has 0 aliphatic carbocycles. The molecule has 0 spiro atoms. The number of likely N-dealkylation sites (tertiary alicyclic amines) is 1. The van der Waals surface area contributed by atoms with Crippen LogP contribution in [0.4, 0.5) is 5.69 Å². The van der Waals surface area contributed by atoms with Gasteiger partial charge in [0.2, 0.25) is 0 Å². The number of hydrogen-bond donors (Lipinski definition) is 1. The molecule has 1 saturated heterocycles. The topological polar surface area (TPSA) is 54.5 Å². The van der Waals surface area contributed by atoms with Crippen LogP contribution >= 0.6 is 0 Å². The summed E-state index contributed by atoms with van der Waals surface area (Å²) in [4.78, 5) is 16.5. The Labute approximate surface area is 121 Å². The molecule has 0 bridgehead atoms. The highest BCUT2D eigenvalue weighted by molar-refractivity contribution is 5.33. The van der Waals surface area contributed by atoms with E-state index in [9.17, 15) is 4.79 Å². The van der Waals surface area contributed by atoms with Gasteiger partial charge in [0.1, 0.15) is 0 Å². The lowest BCUT2D eigenvalue weighted by molar-refractivity contribution is 0.203. The van der Waals surface area contributed by atoms with Gasteiger partial charge in [-0.2, -0.15) is 0 Å². The first-order chi connectivity index (χ1) is 9.56. The van der Waals surface area contributed by atoms with Crippen molar-refractivity contribution in [1.82, 2.24) is 14.4 Å². The first-order valence-electron chi connectivity index (χ1n) is 7.41. The van der Waals surface area contributed by atoms with Gasteiger partial charge < -0.3 is 15.2 Å². The van der Waals surface area contributed by atoms with Crippen molar-refractivity contribution in [3.05, 3.63) is 28.7 Å². The Morgan fingerprint density at radius 3 is 2.90 bits per heavy atom. The van der Waals surface area contributed by atoms with Gasteiger partial charge in [0.25, 0.3) is 5.56 Å². The molecule has 5 nitrogen and oxygen atoms in total. The summed E-state index contributed by atoms with van der Waals surface area (Å²) in [5, 5.41) is 0. The van der Waals surface area contributed by atoms with Gasteiger partial charge in [0, 0.05) is 43.6 Å². The van der Waals surface area contributed by atoms with Crippen LogP contribution in [0, 0.1) is 0 Å². The van der Waals surface area contributed by atoms with Crippen molar-refractivity contribution in [3.8, 4) is 0 Å². The maximum Gasteiger partial charge on any atom is 0.250 e. The molecule has 20 heavy (non-hydrogen) atoms. The van der Waals surface area contributed by atoms with Gasteiger partial charge in [0.05, 0.1) is 0 Å². The van der Waals surface area contributed by atoms with Gasteiger partial charge in [0.15, 0.2) is 0 Å². The summed E-state index contributed by atoms with van der Waals surface area (Å²) in [6, 6.07) is 3.87. The summed E-state index contributed by atoms with van der Waals surface area (Å²) < 4.78 is 1.71. The molecule has 5 heteroatoms. The van der Waals surface area contributed by atoms with Crippen LogP contribution < -0.4 is 11.3 Å². The highest BCUT2D eigenvalue weighted by atomic mass is 16.1. The number of aryl methyl sites for hydroxylation is 1. The molecule has 1 fully saturated rings. The summed E-state index contributed by atoms with van der Waals surface area (Å²) in [7, 11) is 4.26. The Hall–Kier alpha value is -1.33. The number of rotatable bonds is 6. The molecule has 1 aromatic rings. The quantitative estimate of drug-likeness (QED) is 0.838. The fraction of sp³-hybridized carbons (Fsp3) is 0.667. The maximum atomic E-state index is 11.7. The van der Waals surface area contributed by atoms with Gasteiger partial charge in [-0.1, -0.05) is 0 Å². The average Bonchev–Trinajstić information content (AvgIpc) is 2.80. The third kappa shape index (κ3) is 4.08. The van der Waals surface area contributed by atoms with E-state index in [0.29, 0.717) is 11.7 Å². The Balaban J connectivity index is 1.83. The number of nitrogen functional groups attached to an aromatic ring is 1. The highest BCUT2D eigenvalue weighted by Gasteiger charge is 2.24. The minimum atomic E-state index is 0.0328. The van der Waals surface area contributed by atoms with E-state index >= 15 is 0 Å². The van der Waals surface area contributed by atoms with E-state index in [1.165, 1.54) is 19.4 Å². The van der Waals surface area contributed by atoms with Crippen molar-refractivity contribution in [2.75, 3.05) is 39.5 Å². The molecule has 0 radical (unpaired) electrons. The largest absolute Gasteiger partial charge is 0.398 e. The summed E-state index contributed by atoms with van der Waals surface area (Å²) in [6.45, 7) is 4.11. The number of likely N-dealkylation sites (N-methyl/N-ethyl adjacent to an activating group) is 1. The van der Waals surface area contributed by atoms with Crippen LogP contribution in [0.25, 0.3) is 0 Å². The van der Waals surface area contributed by atoms with E-state index < -0.39 is 0 Å². The zero-order chi connectivity index (χ0) is 14.5. The van der Waals surface area contributed by atoms with Crippen molar-refractivity contribution in [2.24, 2.45) is 0 Å². The van der Waals surface area contributed by atoms with E-state index in [4.69, 9.17) is 5.73 Å².